The summed E-state index contributed by atoms with van der Waals surface area (Å²) in [5, 5.41) is 8.41. The van der Waals surface area contributed by atoms with Gasteiger partial charge in [0, 0.05) is 6.61 Å². The number of aliphatic hydroxyl groups excluding tert-OH is 1. The van der Waals surface area contributed by atoms with E-state index in [0.29, 0.717) is 6.42 Å². The van der Waals surface area contributed by atoms with Crippen LogP contribution in [0.1, 0.15) is 19.3 Å². The van der Waals surface area contributed by atoms with Gasteiger partial charge in [-0.05, 0) is 12.3 Å². The fourth-order valence-electron chi connectivity index (χ4n) is 1.51. The topological polar surface area (TPSA) is 20.2 Å². The minimum absolute atomic E-state index is 0. The predicted molar refractivity (Wildman–Crippen MR) is 37.3 cm³/mol. The maximum atomic E-state index is 11.9. The molecule has 0 aromatic carbocycles. The van der Waals surface area contributed by atoms with E-state index in [-0.39, 0.29) is 76.8 Å². The smallest absolute Gasteiger partial charge is 0.449 e. The zero-order chi connectivity index (χ0) is 8.48. The molecule has 0 aromatic heterocycles. The molecule has 0 spiro atoms. The second kappa shape index (κ2) is 5.36. The minimum atomic E-state index is -4.60. The zero-order valence-corrected chi connectivity index (χ0v) is 10.3. The Hall–Kier alpha value is 1.45. The molecular formula is C6H11BF3KO. The first-order valence-corrected chi connectivity index (χ1v) is 3.85. The van der Waals surface area contributed by atoms with Crippen LogP contribution < -0.4 is 51.4 Å². The van der Waals surface area contributed by atoms with Gasteiger partial charge in [-0.2, -0.15) is 0 Å². The molecule has 1 aliphatic carbocycles. The van der Waals surface area contributed by atoms with Gasteiger partial charge in [-0.1, -0.05) is 18.7 Å². The molecule has 0 heterocycles. The molecule has 0 bridgehead atoms. The Morgan fingerprint density at radius 2 is 1.75 bits per heavy atom. The van der Waals surface area contributed by atoms with E-state index in [4.69, 9.17) is 5.11 Å². The molecule has 0 saturated heterocycles. The average molecular weight is 206 g/mol. The molecule has 0 radical (unpaired) electrons. The largest absolute Gasteiger partial charge is 1.00 e. The molecule has 0 aromatic rings. The van der Waals surface area contributed by atoms with Crippen LogP contribution in [0.15, 0.2) is 0 Å². The molecule has 6 heteroatoms. The van der Waals surface area contributed by atoms with Gasteiger partial charge in [-0.3, -0.25) is 0 Å². The first-order valence-electron chi connectivity index (χ1n) is 3.85. The Bertz CT molecular complexity index is 135. The molecule has 1 rings (SSSR count). The van der Waals surface area contributed by atoms with Gasteiger partial charge in [0.05, 0.1) is 0 Å². The van der Waals surface area contributed by atoms with E-state index in [2.05, 4.69) is 0 Å². The van der Waals surface area contributed by atoms with Crippen LogP contribution in [-0.2, 0) is 0 Å². The van der Waals surface area contributed by atoms with Gasteiger partial charge in [0.25, 0.3) is 0 Å². The van der Waals surface area contributed by atoms with E-state index >= 15 is 0 Å². The van der Waals surface area contributed by atoms with E-state index in [1.807, 2.05) is 0 Å². The maximum absolute atomic E-state index is 11.9. The van der Waals surface area contributed by atoms with Crippen molar-refractivity contribution < 1.29 is 69.4 Å². The van der Waals surface area contributed by atoms with Crippen LogP contribution in [0, 0.1) is 5.92 Å². The normalized spacial score (nSPS) is 29.0. The molecule has 0 aliphatic heterocycles. The Kier molecular flexibility index (Phi) is 6.01. The first-order chi connectivity index (χ1) is 5.04. The van der Waals surface area contributed by atoms with Crippen molar-refractivity contribution in [3.8, 4) is 0 Å². The van der Waals surface area contributed by atoms with Gasteiger partial charge in [0.15, 0.2) is 0 Å². The fraction of sp³-hybridized carbons (Fsp3) is 1.00. The Labute approximate surface area is 113 Å². The molecule has 1 N–H and O–H groups in total. The van der Waals surface area contributed by atoms with Gasteiger partial charge in [-0.15, -0.1) is 0 Å². The fourth-order valence-corrected chi connectivity index (χ4v) is 1.51. The molecular weight excluding hydrogens is 195 g/mol. The second-order valence-electron chi connectivity index (χ2n) is 3.24. The standard InChI is InChI=1S/C6H11BF3O.K/c8-7(9,10)6-3-5(4-6)1-2-11;/h5-6,11H,1-4H2;/q-1;+1. The van der Waals surface area contributed by atoms with E-state index in [1.165, 1.54) is 0 Å². The third kappa shape index (κ3) is 3.67. The number of rotatable bonds is 3. The maximum Gasteiger partial charge on any atom is 1.00 e. The van der Waals surface area contributed by atoms with Crippen molar-refractivity contribution in [2.75, 3.05) is 6.61 Å². The molecule has 1 nitrogen and oxygen atoms in total. The molecule has 0 atom stereocenters. The van der Waals surface area contributed by atoms with Gasteiger partial charge < -0.3 is 18.1 Å². The minimum Gasteiger partial charge on any atom is -0.449 e. The molecule has 1 fully saturated rings. The summed E-state index contributed by atoms with van der Waals surface area (Å²) in [6.45, 7) is -4.59. The van der Waals surface area contributed by atoms with Gasteiger partial charge in [0.1, 0.15) is 0 Å². The van der Waals surface area contributed by atoms with Crippen LogP contribution in [0.4, 0.5) is 12.9 Å². The van der Waals surface area contributed by atoms with Crippen molar-refractivity contribution in [1.29, 1.82) is 0 Å². The molecule has 1 aliphatic rings. The molecule has 66 valence electrons. The summed E-state index contributed by atoms with van der Waals surface area (Å²) in [4.78, 5) is 0. The summed E-state index contributed by atoms with van der Waals surface area (Å²) >= 11 is 0. The van der Waals surface area contributed by atoms with Crippen LogP contribution >= 0.6 is 0 Å². The van der Waals surface area contributed by atoms with Crippen molar-refractivity contribution in [3.63, 3.8) is 0 Å². The van der Waals surface area contributed by atoms with Crippen molar-refractivity contribution in [2.45, 2.75) is 25.1 Å². The van der Waals surface area contributed by atoms with Gasteiger partial charge in [0.2, 0.25) is 0 Å². The zero-order valence-electron chi connectivity index (χ0n) is 7.14. The molecule has 0 unspecified atom stereocenters. The van der Waals surface area contributed by atoms with Crippen molar-refractivity contribution in [2.24, 2.45) is 5.92 Å². The third-order valence-corrected chi connectivity index (χ3v) is 2.34. The Balaban J connectivity index is 0.00000121. The second-order valence-corrected chi connectivity index (χ2v) is 3.24. The third-order valence-electron chi connectivity index (χ3n) is 2.34. The SMILES string of the molecule is OCCC1CC([B-](F)(F)F)C1.[K+]. The number of aliphatic hydroxyl groups is 1. The number of halogens is 3. The predicted octanol–water partition coefficient (Wildman–Crippen LogP) is -1.000. The van der Waals surface area contributed by atoms with Crippen LogP contribution in [0.5, 0.6) is 0 Å². The first kappa shape index (κ1) is 13.5. The van der Waals surface area contributed by atoms with Crippen LogP contribution in [0.2, 0.25) is 5.82 Å². The monoisotopic (exact) mass is 206 g/mol. The molecule has 1 saturated carbocycles. The van der Waals surface area contributed by atoms with Crippen molar-refractivity contribution in [3.05, 3.63) is 0 Å². The molecule has 12 heavy (non-hydrogen) atoms. The van der Waals surface area contributed by atoms with E-state index in [0.717, 1.165) is 0 Å². The van der Waals surface area contributed by atoms with Crippen LogP contribution in [-0.4, -0.2) is 18.7 Å². The average Bonchev–Trinajstić information content (AvgIpc) is 1.74. The Morgan fingerprint density at radius 3 is 2.08 bits per heavy atom. The van der Waals surface area contributed by atoms with Crippen molar-refractivity contribution in [1.82, 2.24) is 0 Å². The summed E-state index contributed by atoms with van der Waals surface area (Å²) in [6, 6.07) is 0. The summed E-state index contributed by atoms with van der Waals surface area (Å²) in [7, 11) is 0. The van der Waals surface area contributed by atoms with Gasteiger partial charge >= 0.3 is 58.4 Å². The summed E-state index contributed by atoms with van der Waals surface area (Å²) < 4.78 is 35.7. The summed E-state index contributed by atoms with van der Waals surface area (Å²) in [5.74, 6) is -0.917. The van der Waals surface area contributed by atoms with E-state index in [9.17, 15) is 12.9 Å². The summed E-state index contributed by atoms with van der Waals surface area (Å²) in [6.07, 6.45) is 1.01. The van der Waals surface area contributed by atoms with E-state index in [1.54, 1.807) is 0 Å². The quantitative estimate of drug-likeness (QED) is 0.587. The number of hydrogen-bond acceptors (Lipinski definition) is 1. The van der Waals surface area contributed by atoms with Crippen LogP contribution in [0.3, 0.4) is 0 Å². The van der Waals surface area contributed by atoms with Gasteiger partial charge in [-0.25, -0.2) is 0 Å². The van der Waals surface area contributed by atoms with E-state index < -0.39 is 12.8 Å². The summed E-state index contributed by atoms with van der Waals surface area (Å²) in [5.41, 5.74) is 0. The molecule has 0 amide bonds. The van der Waals surface area contributed by atoms with Crippen molar-refractivity contribution >= 4 is 6.98 Å². The number of hydrogen-bond donors (Lipinski definition) is 1. The van der Waals surface area contributed by atoms with Crippen LogP contribution in [0.25, 0.3) is 0 Å². The Morgan fingerprint density at radius 1 is 1.25 bits per heavy atom.